The van der Waals surface area contributed by atoms with E-state index in [-0.39, 0.29) is 5.88 Å². The fraction of sp³-hybridized carbons (Fsp3) is 0.111. The van der Waals surface area contributed by atoms with Crippen molar-refractivity contribution in [1.82, 2.24) is 19.6 Å². The third-order valence-corrected chi connectivity index (χ3v) is 6.93. The largest absolute Gasteiger partial charge is 0.493 e. The molecule has 38 heavy (non-hydrogen) atoms. The van der Waals surface area contributed by atoms with E-state index in [9.17, 15) is 4.79 Å². The minimum atomic E-state index is -0.726. The lowest BCUT2D eigenvalue weighted by molar-refractivity contribution is 0.349. The van der Waals surface area contributed by atoms with Crippen molar-refractivity contribution < 1.29 is 23.0 Å². The number of para-hydroxylation sites is 2. The maximum absolute atomic E-state index is 13.6. The fourth-order valence-corrected chi connectivity index (χ4v) is 5.23. The number of benzene rings is 2. The van der Waals surface area contributed by atoms with Crippen molar-refractivity contribution in [2.45, 2.75) is 5.92 Å². The molecule has 1 unspecified atom stereocenters. The molecule has 0 bridgehead atoms. The van der Waals surface area contributed by atoms with Gasteiger partial charge in [0.05, 0.1) is 36.7 Å². The molecule has 0 N–H and O–H groups in total. The first kappa shape index (κ1) is 22.5. The van der Waals surface area contributed by atoms with Gasteiger partial charge in [0.1, 0.15) is 11.9 Å². The minimum Gasteiger partial charge on any atom is -0.493 e. The van der Waals surface area contributed by atoms with Crippen LogP contribution < -0.4 is 19.8 Å². The van der Waals surface area contributed by atoms with Crippen molar-refractivity contribution >= 4 is 32.5 Å². The minimum absolute atomic E-state index is 0.287. The Morgan fingerprint density at radius 2 is 1.84 bits per heavy atom. The fourth-order valence-electron chi connectivity index (χ4n) is 4.92. The molecule has 0 amide bonds. The zero-order valence-corrected chi connectivity index (χ0v) is 21.6. The van der Waals surface area contributed by atoms with Gasteiger partial charge in [-0.2, -0.15) is 0 Å². The first-order valence-electron chi connectivity index (χ1n) is 11.5. The molecule has 10 nitrogen and oxygen atoms in total. The number of methoxy groups -OCH3 is 2. The van der Waals surface area contributed by atoms with Crippen molar-refractivity contribution in [3.63, 3.8) is 0 Å². The molecular weight excluding hydrogens is 556 g/mol. The first-order chi connectivity index (χ1) is 18.6. The molecule has 0 saturated carbocycles. The number of aromatic nitrogens is 4. The number of halogens is 1. The highest BCUT2D eigenvalue weighted by Crippen LogP contribution is 2.51. The lowest BCUT2D eigenvalue weighted by atomic mass is 9.83. The normalized spacial score (nSPS) is 14.2. The maximum atomic E-state index is 13.6. The Bertz CT molecular complexity index is 1940. The van der Waals surface area contributed by atoms with Gasteiger partial charge in [0, 0.05) is 5.56 Å². The van der Waals surface area contributed by atoms with Gasteiger partial charge in [-0.1, -0.05) is 24.3 Å². The summed E-state index contributed by atoms with van der Waals surface area (Å²) < 4.78 is 31.2. The third kappa shape index (κ3) is 3.25. The van der Waals surface area contributed by atoms with Gasteiger partial charge < -0.3 is 23.0 Å². The van der Waals surface area contributed by atoms with Crippen LogP contribution in [0.2, 0.25) is 0 Å². The average molecular weight is 573 g/mol. The van der Waals surface area contributed by atoms with Crippen molar-refractivity contribution in [2.24, 2.45) is 0 Å². The van der Waals surface area contributed by atoms with Crippen LogP contribution in [-0.4, -0.2) is 33.8 Å². The number of furan rings is 1. The summed E-state index contributed by atoms with van der Waals surface area (Å²) in [5.74, 6) is 1.71. The molecule has 4 aromatic heterocycles. The number of rotatable bonds is 4. The molecule has 1 aliphatic rings. The van der Waals surface area contributed by atoms with E-state index in [1.807, 2.05) is 24.3 Å². The first-order valence-corrected chi connectivity index (χ1v) is 12.3. The second kappa shape index (κ2) is 8.45. The van der Waals surface area contributed by atoms with E-state index in [1.54, 1.807) is 44.6 Å². The lowest BCUT2D eigenvalue weighted by Gasteiger charge is -2.28. The summed E-state index contributed by atoms with van der Waals surface area (Å²) in [4.78, 5) is 22.9. The summed E-state index contributed by atoms with van der Waals surface area (Å²) in [5, 5.41) is 5.20. The molecule has 0 fully saturated rings. The molecule has 188 valence electrons. The van der Waals surface area contributed by atoms with Crippen LogP contribution >= 0.6 is 15.9 Å². The highest BCUT2D eigenvalue weighted by molar-refractivity contribution is 9.10. The van der Waals surface area contributed by atoms with Crippen molar-refractivity contribution in [3.8, 4) is 34.7 Å². The van der Waals surface area contributed by atoms with Gasteiger partial charge in [-0.15, -0.1) is 5.10 Å². The van der Waals surface area contributed by atoms with Gasteiger partial charge in [-0.05, 0) is 46.3 Å². The number of nitrogens with zero attached hydrogens (tertiary/aromatic N) is 4. The molecular formula is C27H17BrN4O6. The molecule has 0 radical (unpaired) electrons. The summed E-state index contributed by atoms with van der Waals surface area (Å²) in [7, 11) is 3.11. The molecule has 11 heteroatoms. The van der Waals surface area contributed by atoms with Gasteiger partial charge in [0.15, 0.2) is 33.3 Å². The van der Waals surface area contributed by atoms with Gasteiger partial charge in [-0.25, -0.2) is 19.3 Å². The van der Waals surface area contributed by atoms with Crippen LogP contribution in [0, 0.1) is 0 Å². The molecule has 2 aromatic carbocycles. The second-order valence-electron chi connectivity index (χ2n) is 8.52. The third-order valence-electron chi connectivity index (χ3n) is 6.50. The van der Waals surface area contributed by atoms with Gasteiger partial charge in [0.2, 0.25) is 11.7 Å². The van der Waals surface area contributed by atoms with E-state index in [2.05, 4.69) is 26.0 Å². The number of ether oxygens (including phenoxy) is 3. The molecule has 7 rings (SSSR count). The Hall–Kier alpha value is -4.64. The van der Waals surface area contributed by atoms with Gasteiger partial charge in [0.25, 0.3) is 0 Å². The summed E-state index contributed by atoms with van der Waals surface area (Å²) >= 11 is 3.32. The maximum Gasteiger partial charge on any atom is 0.344 e. The molecule has 5 heterocycles. The van der Waals surface area contributed by atoms with Gasteiger partial charge in [-0.3, -0.25) is 0 Å². The van der Waals surface area contributed by atoms with Crippen LogP contribution in [0.3, 0.4) is 0 Å². The lowest BCUT2D eigenvalue weighted by Crippen LogP contribution is -2.22. The van der Waals surface area contributed by atoms with Crippen LogP contribution in [0.5, 0.6) is 23.1 Å². The van der Waals surface area contributed by atoms with Crippen LogP contribution in [0.4, 0.5) is 0 Å². The van der Waals surface area contributed by atoms with Crippen molar-refractivity contribution in [3.05, 3.63) is 92.7 Å². The Morgan fingerprint density at radius 1 is 0.974 bits per heavy atom. The zero-order valence-electron chi connectivity index (χ0n) is 20.0. The number of hydrogen-bond acceptors (Lipinski definition) is 9. The predicted molar refractivity (Wildman–Crippen MR) is 139 cm³/mol. The van der Waals surface area contributed by atoms with E-state index < -0.39 is 11.5 Å². The van der Waals surface area contributed by atoms with Crippen LogP contribution in [0.1, 0.15) is 22.6 Å². The van der Waals surface area contributed by atoms with Crippen LogP contribution in [-0.2, 0) is 0 Å². The standard InChI is InChI=1S/C27H17BrN4O6/c1-34-16-9-5-7-14(22(16)35-2)19-20-23(13-6-3-4-8-15(13)37-27(20)33)38-26-21(19)25-30-24(31-32(25)12-29-26)17-10-11-18(28)36-17/h3-12,19H,1-2H3. The van der Waals surface area contributed by atoms with Crippen molar-refractivity contribution in [2.75, 3.05) is 14.2 Å². The average Bonchev–Trinajstić information content (AvgIpc) is 3.57. The molecule has 0 saturated heterocycles. The predicted octanol–water partition coefficient (Wildman–Crippen LogP) is 5.56. The molecule has 1 atom stereocenters. The summed E-state index contributed by atoms with van der Waals surface area (Å²) in [6.45, 7) is 0. The molecule has 6 aromatic rings. The smallest absolute Gasteiger partial charge is 0.344 e. The highest BCUT2D eigenvalue weighted by atomic mass is 79.9. The Balaban J connectivity index is 1.58. The monoisotopic (exact) mass is 572 g/mol. The second-order valence-corrected chi connectivity index (χ2v) is 9.30. The Labute approximate surface area is 222 Å². The highest BCUT2D eigenvalue weighted by Gasteiger charge is 2.39. The van der Waals surface area contributed by atoms with Crippen molar-refractivity contribution in [1.29, 1.82) is 0 Å². The van der Waals surface area contributed by atoms with E-state index in [1.165, 1.54) is 10.8 Å². The van der Waals surface area contributed by atoms with E-state index >= 15 is 0 Å². The van der Waals surface area contributed by atoms with E-state index in [0.717, 1.165) is 0 Å². The SMILES string of the molecule is COc1cccc(C2c3c(c4ccccc4oc3=O)Oc3ncn4nc(-c5ccc(Br)o5)nc4c32)c1OC. The van der Waals surface area contributed by atoms with Crippen LogP contribution in [0.25, 0.3) is 28.2 Å². The van der Waals surface area contributed by atoms with E-state index in [4.69, 9.17) is 28.0 Å². The van der Waals surface area contributed by atoms with E-state index in [0.29, 0.717) is 66.8 Å². The molecule has 0 aliphatic carbocycles. The topological polar surface area (TPSA) is 114 Å². The summed E-state index contributed by atoms with van der Waals surface area (Å²) in [6.07, 6.45) is 1.52. The van der Waals surface area contributed by atoms with Gasteiger partial charge >= 0.3 is 5.63 Å². The summed E-state index contributed by atoms with van der Waals surface area (Å²) in [5.41, 5.74) is 1.77. The summed E-state index contributed by atoms with van der Waals surface area (Å²) in [6, 6.07) is 16.2. The Morgan fingerprint density at radius 3 is 2.63 bits per heavy atom. The Kier molecular flexibility index (Phi) is 5.02. The molecule has 1 aliphatic heterocycles. The molecule has 0 spiro atoms. The zero-order chi connectivity index (χ0) is 26.0. The number of hydrogen-bond donors (Lipinski definition) is 0. The number of fused-ring (bicyclic) bond motifs is 6. The quantitative estimate of drug-likeness (QED) is 0.250. The van der Waals surface area contributed by atoms with Crippen LogP contribution in [0.15, 0.2) is 79.2 Å².